The van der Waals surface area contributed by atoms with E-state index in [2.05, 4.69) is 17.3 Å². The van der Waals surface area contributed by atoms with Gasteiger partial charge in [0.05, 0.1) is 4.90 Å². The Bertz CT molecular complexity index is 583. The first-order valence-corrected chi connectivity index (χ1v) is 9.57. The zero-order chi connectivity index (χ0) is 15.0. The Morgan fingerprint density at radius 3 is 2.24 bits per heavy atom. The number of hydrogen-bond acceptors (Lipinski definition) is 4. The molecular formula is C16H24N2O2S. The normalized spacial score (nSPS) is 29.7. The minimum Gasteiger partial charge on any atom is -0.310 e. The highest BCUT2D eigenvalue weighted by Crippen LogP contribution is 2.34. The molecule has 0 amide bonds. The molecule has 0 saturated carbocycles. The largest absolute Gasteiger partial charge is 0.310 e. The standard InChI is InChI=1S/C16H24N2O2S/c1-18-14-5-6-15(18)10-13(9-14)17-11-12-3-7-16(8-4-12)21(2,19)20/h3-4,7-8,13-15,17H,5-6,9-11H2,1-2H3. The van der Waals surface area contributed by atoms with Crippen molar-refractivity contribution in [1.29, 1.82) is 0 Å². The van der Waals surface area contributed by atoms with E-state index in [4.69, 9.17) is 0 Å². The molecular weight excluding hydrogens is 284 g/mol. The third-order valence-corrected chi connectivity index (χ3v) is 6.17. The Kier molecular flexibility index (Phi) is 4.08. The second-order valence-corrected chi connectivity index (χ2v) is 8.53. The summed E-state index contributed by atoms with van der Waals surface area (Å²) in [5.74, 6) is 0. The van der Waals surface area contributed by atoms with Gasteiger partial charge in [-0.2, -0.15) is 0 Å². The Balaban J connectivity index is 1.56. The van der Waals surface area contributed by atoms with E-state index in [9.17, 15) is 8.42 Å². The van der Waals surface area contributed by atoms with Crippen LogP contribution in [0.4, 0.5) is 0 Å². The minimum absolute atomic E-state index is 0.392. The highest BCUT2D eigenvalue weighted by molar-refractivity contribution is 7.90. The molecule has 2 atom stereocenters. The van der Waals surface area contributed by atoms with Crippen molar-refractivity contribution in [2.45, 2.75) is 55.2 Å². The number of benzene rings is 1. The maximum atomic E-state index is 11.4. The van der Waals surface area contributed by atoms with E-state index < -0.39 is 9.84 Å². The van der Waals surface area contributed by atoms with Crippen LogP contribution in [0.1, 0.15) is 31.2 Å². The van der Waals surface area contributed by atoms with Gasteiger partial charge >= 0.3 is 0 Å². The number of rotatable bonds is 4. The Hall–Kier alpha value is -0.910. The zero-order valence-corrected chi connectivity index (χ0v) is 13.6. The van der Waals surface area contributed by atoms with Crippen LogP contribution in [-0.4, -0.2) is 44.7 Å². The van der Waals surface area contributed by atoms with E-state index in [0.29, 0.717) is 10.9 Å². The lowest BCUT2D eigenvalue weighted by molar-refractivity contribution is 0.148. The predicted octanol–water partition coefficient (Wildman–Crippen LogP) is 1.80. The quantitative estimate of drug-likeness (QED) is 0.921. The summed E-state index contributed by atoms with van der Waals surface area (Å²) in [7, 11) is -0.841. The molecule has 1 aromatic carbocycles. The lowest BCUT2D eigenvalue weighted by atomic mass is 9.98. The monoisotopic (exact) mass is 308 g/mol. The van der Waals surface area contributed by atoms with E-state index in [1.807, 2.05) is 12.1 Å². The molecule has 4 nitrogen and oxygen atoms in total. The number of nitrogens with zero attached hydrogens (tertiary/aromatic N) is 1. The van der Waals surface area contributed by atoms with Crippen LogP contribution in [0.25, 0.3) is 0 Å². The van der Waals surface area contributed by atoms with Gasteiger partial charge in [-0.3, -0.25) is 0 Å². The molecule has 21 heavy (non-hydrogen) atoms. The molecule has 2 heterocycles. The average molecular weight is 308 g/mol. The summed E-state index contributed by atoms with van der Waals surface area (Å²) >= 11 is 0. The van der Waals surface area contributed by atoms with Crippen molar-refractivity contribution in [3.05, 3.63) is 29.8 Å². The molecule has 1 N–H and O–H groups in total. The highest BCUT2D eigenvalue weighted by Gasteiger charge is 2.37. The Morgan fingerprint density at radius 2 is 1.71 bits per heavy atom. The first kappa shape index (κ1) is 15.0. The third kappa shape index (κ3) is 3.30. The summed E-state index contributed by atoms with van der Waals surface area (Å²) in [6.45, 7) is 0.817. The molecule has 0 radical (unpaired) electrons. The topological polar surface area (TPSA) is 49.4 Å². The lowest BCUT2D eigenvalue weighted by Crippen LogP contribution is -2.46. The van der Waals surface area contributed by atoms with Gasteiger partial charge in [-0.1, -0.05) is 12.1 Å². The molecule has 0 aliphatic carbocycles. The minimum atomic E-state index is -3.09. The van der Waals surface area contributed by atoms with Crippen LogP contribution in [-0.2, 0) is 16.4 Å². The summed E-state index contributed by atoms with van der Waals surface area (Å²) in [6.07, 6.45) is 6.38. The van der Waals surface area contributed by atoms with Crippen molar-refractivity contribution >= 4 is 9.84 Å². The molecule has 2 aliphatic heterocycles. The van der Waals surface area contributed by atoms with Gasteiger partial charge in [0.25, 0.3) is 0 Å². The summed E-state index contributed by atoms with van der Waals surface area (Å²) in [5, 5.41) is 3.64. The fourth-order valence-corrected chi connectivity index (χ4v) is 4.33. The fraction of sp³-hybridized carbons (Fsp3) is 0.625. The van der Waals surface area contributed by atoms with Crippen LogP contribution in [0.5, 0.6) is 0 Å². The second-order valence-electron chi connectivity index (χ2n) is 6.52. The Morgan fingerprint density at radius 1 is 1.14 bits per heavy atom. The van der Waals surface area contributed by atoms with Crippen LogP contribution >= 0.6 is 0 Å². The van der Waals surface area contributed by atoms with Gasteiger partial charge < -0.3 is 10.2 Å². The van der Waals surface area contributed by atoms with Crippen LogP contribution in [0.15, 0.2) is 29.2 Å². The van der Waals surface area contributed by atoms with Gasteiger partial charge in [-0.15, -0.1) is 0 Å². The number of fused-ring (bicyclic) bond motifs is 2. The maximum Gasteiger partial charge on any atom is 0.175 e. The second kappa shape index (κ2) is 5.71. The van der Waals surface area contributed by atoms with Gasteiger partial charge in [-0.05, 0) is 50.4 Å². The third-order valence-electron chi connectivity index (χ3n) is 5.04. The molecule has 0 spiro atoms. The van der Waals surface area contributed by atoms with Gasteiger partial charge in [0.1, 0.15) is 0 Å². The molecule has 2 saturated heterocycles. The van der Waals surface area contributed by atoms with Crippen LogP contribution < -0.4 is 5.32 Å². The fourth-order valence-electron chi connectivity index (χ4n) is 3.69. The van der Waals surface area contributed by atoms with Crippen molar-refractivity contribution < 1.29 is 8.42 Å². The molecule has 5 heteroatoms. The van der Waals surface area contributed by atoms with Gasteiger partial charge in [-0.25, -0.2) is 8.42 Å². The van der Waals surface area contributed by atoms with Crippen molar-refractivity contribution in [2.75, 3.05) is 13.3 Å². The lowest BCUT2D eigenvalue weighted by Gasteiger charge is -2.36. The van der Waals surface area contributed by atoms with Crippen molar-refractivity contribution in [1.82, 2.24) is 10.2 Å². The van der Waals surface area contributed by atoms with E-state index in [1.54, 1.807) is 12.1 Å². The van der Waals surface area contributed by atoms with E-state index in [1.165, 1.54) is 31.9 Å². The summed E-state index contributed by atoms with van der Waals surface area (Å²) < 4.78 is 22.9. The average Bonchev–Trinajstić information content (AvgIpc) is 2.66. The van der Waals surface area contributed by atoms with Gasteiger partial charge in [0.2, 0.25) is 0 Å². The van der Waals surface area contributed by atoms with Gasteiger partial charge in [0, 0.05) is 30.9 Å². The molecule has 2 bridgehead atoms. The van der Waals surface area contributed by atoms with E-state index in [0.717, 1.165) is 24.2 Å². The molecule has 3 rings (SSSR count). The molecule has 2 aliphatic rings. The van der Waals surface area contributed by atoms with Gasteiger partial charge in [0.15, 0.2) is 9.84 Å². The summed E-state index contributed by atoms with van der Waals surface area (Å²) in [4.78, 5) is 2.93. The van der Waals surface area contributed by atoms with E-state index in [-0.39, 0.29) is 0 Å². The first-order chi connectivity index (χ1) is 9.93. The van der Waals surface area contributed by atoms with E-state index >= 15 is 0 Å². The number of hydrogen-bond donors (Lipinski definition) is 1. The molecule has 2 unspecified atom stereocenters. The van der Waals surface area contributed by atoms with Crippen molar-refractivity contribution in [2.24, 2.45) is 0 Å². The number of piperidine rings is 1. The predicted molar refractivity (Wildman–Crippen MR) is 84.0 cm³/mol. The number of sulfone groups is 1. The first-order valence-electron chi connectivity index (χ1n) is 7.68. The summed E-state index contributed by atoms with van der Waals surface area (Å²) in [5.41, 5.74) is 1.15. The molecule has 2 fully saturated rings. The molecule has 116 valence electrons. The maximum absolute atomic E-state index is 11.4. The Labute approximate surface area is 127 Å². The SMILES string of the molecule is CN1C2CCC1CC(NCc1ccc(S(C)(=O)=O)cc1)C2. The van der Waals surface area contributed by atoms with Crippen LogP contribution in [0.3, 0.4) is 0 Å². The highest BCUT2D eigenvalue weighted by atomic mass is 32.2. The van der Waals surface area contributed by atoms with Crippen molar-refractivity contribution in [3.8, 4) is 0 Å². The smallest absolute Gasteiger partial charge is 0.175 e. The van der Waals surface area contributed by atoms with Crippen LogP contribution in [0.2, 0.25) is 0 Å². The molecule has 0 aromatic heterocycles. The van der Waals surface area contributed by atoms with Crippen molar-refractivity contribution in [3.63, 3.8) is 0 Å². The zero-order valence-electron chi connectivity index (χ0n) is 12.7. The summed E-state index contributed by atoms with van der Waals surface area (Å²) in [6, 6.07) is 9.30. The molecule has 1 aromatic rings. The van der Waals surface area contributed by atoms with Crippen LogP contribution in [0, 0.1) is 0 Å². The number of nitrogens with one attached hydrogen (secondary N) is 1.